The van der Waals surface area contributed by atoms with E-state index in [1.54, 1.807) is 12.1 Å². The molecule has 2 aromatic rings. The minimum atomic E-state index is -0.363. The second-order valence-electron chi connectivity index (χ2n) is 7.09. The molecule has 1 saturated heterocycles. The van der Waals surface area contributed by atoms with Crippen LogP contribution in [0.5, 0.6) is 5.75 Å². The Morgan fingerprint density at radius 2 is 2.04 bits per heavy atom. The number of non-ortho nitro benzene ring substituents is 1. The summed E-state index contributed by atoms with van der Waals surface area (Å²) >= 11 is 3.42. The summed E-state index contributed by atoms with van der Waals surface area (Å²) in [6, 6.07) is 13.2. The number of piperidine rings is 1. The molecule has 2 atom stereocenters. The van der Waals surface area contributed by atoms with Gasteiger partial charge in [0.15, 0.2) is 0 Å². The molecule has 1 aliphatic heterocycles. The van der Waals surface area contributed by atoms with Gasteiger partial charge in [-0.1, -0.05) is 28.1 Å². The third-order valence-corrected chi connectivity index (χ3v) is 5.60. The lowest BCUT2D eigenvalue weighted by atomic mass is 9.92. The highest BCUT2D eigenvalue weighted by atomic mass is 79.9. The summed E-state index contributed by atoms with van der Waals surface area (Å²) in [7, 11) is 2.08. The Bertz CT molecular complexity index is 798. The molecule has 7 heteroatoms. The number of nitro benzene ring substituents is 1. The van der Waals surface area contributed by atoms with Gasteiger partial charge in [-0.2, -0.15) is 0 Å². The van der Waals surface area contributed by atoms with E-state index < -0.39 is 0 Å². The number of likely N-dealkylation sites (tertiary alicyclic amines) is 1. The van der Waals surface area contributed by atoms with Crippen molar-refractivity contribution in [2.75, 3.05) is 13.6 Å². The molecule has 0 radical (unpaired) electrons. The first kappa shape index (κ1) is 19.8. The molecule has 6 nitrogen and oxygen atoms in total. The first-order chi connectivity index (χ1) is 12.9. The topological polar surface area (TPSA) is 81.6 Å². The third-order valence-electron chi connectivity index (χ3n) is 5.07. The van der Waals surface area contributed by atoms with Crippen molar-refractivity contribution in [3.05, 3.63) is 68.2 Å². The number of benzene rings is 2. The van der Waals surface area contributed by atoms with Gasteiger partial charge in [0.1, 0.15) is 12.4 Å². The highest BCUT2D eigenvalue weighted by molar-refractivity contribution is 9.10. The van der Waals surface area contributed by atoms with Crippen molar-refractivity contribution in [3.8, 4) is 5.75 Å². The predicted octanol–water partition coefficient (Wildman–Crippen LogP) is 3.90. The van der Waals surface area contributed by atoms with Gasteiger partial charge in [-0.3, -0.25) is 10.1 Å². The molecule has 3 rings (SSSR count). The van der Waals surface area contributed by atoms with Crippen molar-refractivity contribution in [1.29, 1.82) is 0 Å². The summed E-state index contributed by atoms with van der Waals surface area (Å²) in [5.41, 5.74) is 8.12. The number of nitrogens with zero attached hydrogens (tertiary/aromatic N) is 2. The Balaban J connectivity index is 1.79. The summed E-state index contributed by atoms with van der Waals surface area (Å²) in [4.78, 5) is 13.1. The first-order valence-corrected chi connectivity index (χ1v) is 9.82. The maximum Gasteiger partial charge on any atom is 0.269 e. The van der Waals surface area contributed by atoms with Crippen molar-refractivity contribution in [1.82, 2.24) is 4.90 Å². The Kier molecular flexibility index (Phi) is 6.46. The molecule has 2 N–H and O–H groups in total. The molecule has 1 fully saturated rings. The molecule has 0 saturated carbocycles. The second-order valence-corrected chi connectivity index (χ2v) is 8.00. The van der Waals surface area contributed by atoms with Crippen LogP contribution < -0.4 is 10.5 Å². The van der Waals surface area contributed by atoms with Gasteiger partial charge >= 0.3 is 0 Å². The molecule has 27 heavy (non-hydrogen) atoms. The summed E-state index contributed by atoms with van der Waals surface area (Å²) in [6.07, 6.45) is 2.54. The fraction of sp³-hybridized carbons (Fsp3) is 0.400. The van der Waals surface area contributed by atoms with Crippen LogP contribution in [0.2, 0.25) is 0 Å². The van der Waals surface area contributed by atoms with E-state index in [9.17, 15) is 10.1 Å². The van der Waals surface area contributed by atoms with Crippen molar-refractivity contribution >= 4 is 21.6 Å². The number of halogens is 1. The van der Waals surface area contributed by atoms with Crippen LogP contribution in [0.4, 0.5) is 5.69 Å². The maximum atomic E-state index is 11.2. The van der Waals surface area contributed by atoms with Crippen LogP contribution in [-0.2, 0) is 13.0 Å². The Labute approximate surface area is 167 Å². The summed E-state index contributed by atoms with van der Waals surface area (Å²) in [5, 5.41) is 11.2. The van der Waals surface area contributed by atoms with Crippen molar-refractivity contribution in [2.45, 2.75) is 38.0 Å². The Morgan fingerprint density at radius 3 is 2.74 bits per heavy atom. The molecule has 0 amide bonds. The molecule has 0 aromatic heterocycles. The summed E-state index contributed by atoms with van der Waals surface area (Å²) < 4.78 is 7.03. The third kappa shape index (κ3) is 5.28. The number of hydrogen-bond donors (Lipinski definition) is 1. The fourth-order valence-electron chi connectivity index (χ4n) is 3.41. The average molecular weight is 434 g/mol. The number of nitro groups is 1. The number of hydrogen-bond acceptors (Lipinski definition) is 5. The van der Waals surface area contributed by atoms with Gasteiger partial charge in [0, 0.05) is 34.3 Å². The van der Waals surface area contributed by atoms with Crippen molar-refractivity contribution in [3.63, 3.8) is 0 Å². The van der Waals surface area contributed by atoms with E-state index in [-0.39, 0.29) is 22.7 Å². The Morgan fingerprint density at radius 1 is 1.30 bits per heavy atom. The van der Waals surface area contributed by atoms with Crippen LogP contribution in [-0.4, -0.2) is 35.5 Å². The van der Waals surface area contributed by atoms with E-state index in [0.717, 1.165) is 35.0 Å². The number of ether oxygens (including phenoxy) is 1. The zero-order valence-electron chi connectivity index (χ0n) is 15.3. The van der Waals surface area contributed by atoms with E-state index in [1.807, 2.05) is 24.3 Å². The smallest absolute Gasteiger partial charge is 0.269 e. The first-order valence-electron chi connectivity index (χ1n) is 9.03. The normalized spacial score (nSPS) is 20.4. The van der Waals surface area contributed by atoms with Crippen LogP contribution in [0.25, 0.3) is 0 Å². The van der Waals surface area contributed by atoms with E-state index in [2.05, 4.69) is 27.9 Å². The molecule has 2 unspecified atom stereocenters. The fourth-order valence-corrected chi connectivity index (χ4v) is 3.68. The second kappa shape index (κ2) is 8.82. The molecule has 1 aliphatic rings. The molecular weight excluding hydrogens is 410 g/mol. The maximum absolute atomic E-state index is 11.2. The van der Waals surface area contributed by atoms with E-state index >= 15 is 0 Å². The van der Waals surface area contributed by atoms with Crippen LogP contribution in [0.15, 0.2) is 46.9 Å². The molecule has 0 aliphatic carbocycles. The molecule has 144 valence electrons. The van der Waals surface area contributed by atoms with Crippen LogP contribution in [0.1, 0.15) is 24.0 Å². The summed E-state index contributed by atoms with van der Waals surface area (Å²) in [5.74, 6) is 0.691. The largest absolute Gasteiger partial charge is 0.489 e. The van der Waals surface area contributed by atoms with Crippen LogP contribution in [0.3, 0.4) is 0 Å². The highest BCUT2D eigenvalue weighted by Crippen LogP contribution is 2.29. The lowest BCUT2D eigenvalue weighted by Crippen LogP contribution is -2.45. The van der Waals surface area contributed by atoms with E-state index in [4.69, 9.17) is 10.5 Å². The van der Waals surface area contributed by atoms with Crippen LogP contribution >= 0.6 is 15.9 Å². The van der Waals surface area contributed by atoms with E-state index in [1.165, 1.54) is 6.07 Å². The average Bonchev–Trinajstić information content (AvgIpc) is 2.65. The molecule has 0 bridgehead atoms. The van der Waals surface area contributed by atoms with E-state index in [0.29, 0.717) is 18.8 Å². The quantitative estimate of drug-likeness (QED) is 0.551. The van der Waals surface area contributed by atoms with Gasteiger partial charge in [0.05, 0.1) is 4.92 Å². The van der Waals surface area contributed by atoms with Crippen molar-refractivity contribution in [2.24, 2.45) is 5.73 Å². The molecule has 0 spiro atoms. The highest BCUT2D eigenvalue weighted by Gasteiger charge is 2.26. The van der Waals surface area contributed by atoms with Gasteiger partial charge in [0.2, 0.25) is 0 Å². The SMILES string of the molecule is CN1CCC(N)CC1Cc1cc([N+](=O)[O-])ccc1OCc1ccc(Br)cc1. The zero-order chi connectivity index (χ0) is 19.4. The summed E-state index contributed by atoms with van der Waals surface area (Å²) in [6.45, 7) is 1.36. The predicted molar refractivity (Wildman–Crippen MR) is 109 cm³/mol. The van der Waals surface area contributed by atoms with Gasteiger partial charge in [0.25, 0.3) is 5.69 Å². The van der Waals surface area contributed by atoms with Gasteiger partial charge in [-0.15, -0.1) is 0 Å². The molecule has 2 aromatic carbocycles. The number of rotatable bonds is 6. The molecule has 1 heterocycles. The van der Waals surface area contributed by atoms with Crippen molar-refractivity contribution < 1.29 is 9.66 Å². The van der Waals surface area contributed by atoms with Gasteiger partial charge in [-0.25, -0.2) is 0 Å². The minimum absolute atomic E-state index is 0.0868. The number of nitrogens with two attached hydrogens (primary N) is 1. The molecular formula is C20H24BrN3O3. The lowest BCUT2D eigenvalue weighted by molar-refractivity contribution is -0.384. The Hall–Kier alpha value is -1.96. The number of likely N-dealkylation sites (N-methyl/N-ethyl adjacent to an activating group) is 1. The monoisotopic (exact) mass is 433 g/mol. The van der Waals surface area contributed by atoms with Crippen LogP contribution in [0, 0.1) is 10.1 Å². The van der Waals surface area contributed by atoms with Gasteiger partial charge < -0.3 is 15.4 Å². The lowest BCUT2D eigenvalue weighted by Gasteiger charge is -2.36. The zero-order valence-corrected chi connectivity index (χ0v) is 16.9. The standard InChI is InChI=1S/C20H24BrN3O3/c1-23-9-8-17(22)12-19(23)11-15-10-18(24(25)26)6-7-20(15)27-13-14-2-4-16(21)5-3-14/h2-7,10,17,19H,8-9,11-13,22H2,1H3. The minimum Gasteiger partial charge on any atom is -0.489 e. The van der Waals surface area contributed by atoms with Gasteiger partial charge in [-0.05, 0) is 56.6 Å².